The highest BCUT2D eigenvalue weighted by atomic mass is 16.5. The maximum Gasteiger partial charge on any atom is 0.123 e. The molecule has 1 heterocycles. The molecule has 4 nitrogen and oxygen atoms in total. The molecule has 21 heavy (non-hydrogen) atoms. The van der Waals surface area contributed by atoms with Crippen LogP contribution in [-0.2, 0) is 11.3 Å². The van der Waals surface area contributed by atoms with Crippen molar-refractivity contribution in [3.05, 3.63) is 29.3 Å². The first-order chi connectivity index (χ1) is 9.97. The molecule has 0 bridgehead atoms. The third kappa shape index (κ3) is 3.96. The first-order valence-electron chi connectivity index (χ1n) is 7.67. The lowest BCUT2D eigenvalue weighted by molar-refractivity contribution is -0.0528. The molecular formula is C17H28N2O2. The minimum absolute atomic E-state index is 0.0374. The summed E-state index contributed by atoms with van der Waals surface area (Å²) in [4.78, 5) is 2.44. The number of methoxy groups -OCH3 is 2. The molecule has 2 unspecified atom stereocenters. The average molecular weight is 292 g/mol. The molecule has 0 saturated carbocycles. The van der Waals surface area contributed by atoms with Crippen LogP contribution >= 0.6 is 0 Å². The Morgan fingerprint density at radius 2 is 2.14 bits per heavy atom. The molecule has 1 aromatic carbocycles. The summed E-state index contributed by atoms with van der Waals surface area (Å²) >= 11 is 0. The number of rotatable bonds is 5. The van der Waals surface area contributed by atoms with Crippen LogP contribution in [0.2, 0.25) is 0 Å². The van der Waals surface area contributed by atoms with Crippen LogP contribution in [-0.4, -0.2) is 37.8 Å². The monoisotopic (exact) mass is 292 g/mol. The normalized spacial score (nSPS) is 24.8. The Morgan fingerprint density at radius 3 is 2.76 bits per heavy atom. The summed E-state index contributed by atoms with van der Waals surface area (Å²) < 4.78 is 11.2. The second-order valence-electron chi connectivity index (χ2n) is 6.33. The van der Waals surface area contributed by atoms with Crippen molar-refractivity contribution in [3.63, 3.8) is 0 Å². The van der Waals surface area contributed by atoms with Gasteiger partial charge in [0.2, 0.25) is 0 Å². The van der Waals surface area contributed by atoms with E-state index >= 15 is 0 Å². The van der Waals surface area contributed by atoms with Crippen LogP contribution in [0.3, 0.4) is 0 Å². The highest BCUT2D eigenvalue weighted by molar-refractivity contribution is 5.38. The molecule has 4 heteroatoms. The highest BCUT2D eigenvalue weighted by Gasteiger charge is 2.30. The van der Waals surface area contributed by atoms with Gasteiger partial charge < -0.3 is 15.2 Å². The molecule has 2 rings (SSSR count). The standard InChI is InChI=1S/C17H28N2O2/c1-13(18)14-6-7-16(20-3)15(10-14)11-19-9-5-8-17(2,12-19)21-4/h6-7,10,13H,5,8-9,11-12,18H2,1-4H3. The van der Waals surface area contributed by atoms with Gasteiger partial charge in [-0.25, -0.2) is 0 Å². The van der Waals surface area contributed by atoms with Crippen molar-refractivity contribution in [2.75, 3.05) is 27.3 Å². The van der Waals surface area contributed by atoms with Crippen LogP contribution < -0.4 is 10.5 Å². The Bertz CT molecular complexity index is 476. The zero-order valence-corrected chi connectivity index (χ0v) is 13.7. The van der Waals surface area contributed by atoms with Crippen LogP contribution in [0.15, 0.2) is 18.2 Å². The van der Waals surface area contributed by atoms with E-state index in [0.717, 1.165) is 37.4 Å². The minimum atomic E-state index is -0.0374. The molecule has 0 aliphatic carbocycles. The zero-order chi connectivity index (χ0) is 15.5. The lowest BCUT2D eigenvalue weighted by Crippen LogP contribution is -2.46. The SMILES string of the molecule is COc1ccc(C(C)N)cc1CN1CCCC(C)(OC)C1. The first kappa shape index (κ1) is 16.3. The van der Waals surface area contributed by atoms with Crippen LogP contribution in [0, 0.1) is 0 Å². The number of ether oxygens (including phenoxy) is 2. The van der Waals surface area contributed by atoms with Crippen molar-refractivity contribution in [1.82, 2.24) is 4.90 Å². The van der Waals surface area contributed by atoms with Gasteiger partial charge in [0.15, 0.2) is 0 Å². The molecule has 118 valence electrons. The van der Waals surface area contributed by atoms with E-state index in [9.17, 15) is 0 Å². The average Bonchev–Trinajstić information content (AvgIpc) is 2.47. The van der Waals surface area contributed by atoms with E-state index < -0.39 is 0 Å². The number of hydrogen-bond donors (Lipinski definition) is 1. The number of nitrogens with two attached hydrogens (primary N) is 1. The number of likely N-dealkylation sites (tertiary alicyclic amines) is 1. The van der Waals surface area contributed by atoms with E-state index in [-0.39, 0.29) is 11.6 Å². The van der Waals surface area contributed by atoms with Crippen molar-refractivity contribution in [2.45, 2.75) is 44.9 Å². The van der Waals surface area contributed by atoms with E-state index in [2.05, 4.69) is 17.9 Å². The van der Waals surface area contributed by atoms with Crippen molar-refractivity contribution in [1.29, 1.82) is 0 Å². The molecule has 0 spiro atoms. The molecule has 1 aliphatic heterocycles. The Morgan fingerprint density at radius 1 is 1.38 bits per heavy atom. The first-order valence-corrected chi connectivity index (χ1v) is 7.67. The molecule has 1 saturated heterocycles. The molecule has 0 amide bonds. The molecule has 1 aliphatic rings. The highest BCUT2D eigenvalue weighted by Crippen LogP contribution is 2.28. The van der Waals surface area contributed by atoms with E-state index in [0.29, 0.717) is 0 Å². The van der Waals surface area contributed by atoms with Crippen LogP contribution in [0.25, 0.3) is 0 Å². The number of piperidine rings is 1. The maximum atomic E-state index is 6.00. The molecule has 1 aromatic rings. The van der Waals surface area contributed by atoms with Gasteiger partial charge in [0.05, 0.1) is 12.7 Å². The van der Waals surface area contributed by atoms with Gasteiger partial charge in [0, 0.05) is 31.8 Å². The zero-order valence-electron chi connectivity index (χ0n) is 13.7. The van der Waals surface area contributed by atoms with Crippen molar-refractivity contribution < 1.29 is 9.47 Å². The van der Waals surface area contributed by atoms with E-state index in [1.165, 1.54) is 12.0 Å². The third-order valence-electron chi connectivity index (χ3n) is 4.46. The summed E-state index contributed by atoms with van der Waals surface area (Å²) in [7, 11) is 3.53. The molecule has 0 radical (unpaired) electrons. The summed E-state index contributed by atoms with van der Waals surface area (Å²) in [5.74, 6) is 0.934. The summed E-state index contributed by atoms with van der Waals surface area (Å²) in [6.45, 7) is 7.13. The van der Waals surface area contributed by atoms with E-state index in [4.69, 9.17) is 15.2 Å². The van der Waals surface area contributed by atoms with Gasteiger partial charge in [-0.05, 0) is 50.9 Å². The van der Waals surface area contributed by atoms with Crippen molar-refractivity contribution >= 4 is 0 Å². The summed E-state index contributed by atoms with van der Waals surface area (Å²) in [5.41, 5.74) is 8.31. The Labute approximate surface area is 128 Å². The largest absolute Gasteiger partial charge is 0.496 e. The van der Waals surface area contributed by atoms with Crippen LogP contribution in [0.4, 0.5) is 0 Å². The smallest absolute Gasteiger partial charge is 0.123 e. The topological polar surface area (TPSA) is 47.7 Å². The third-order valence-corrected chi connectivity index (χ3v) is 4.46. The van der Waals surface area contributed by atoms with E-state index in [1.54, 1.807) is 14.2 Å². The lowest BCUT2D eigenvalue weighted by atomic mass is 9.94. The maximum absolute atomic E-state index is 6.00. The summed E-state index contributed by atoms with van der Waals surface area (Å²) in [6, 6.07) is 6.28. The molecule has 2 N–H and O–H groups in total. The van der Waals surface area contributed by atoms with Gasteiger partial charge in [-0.1, -0.05) is 6.07 Å². The molecular weight excluding hydrogens is 264 g/mol. The fourth-order valence-electron chi connectivity index (χ4n) is 3.06. The molecule has 1 fully saturated rings. The van der Waals surface area contributed by atoms with Gasteiger partial charge in [0.25, 0.3) is 0 Å². The van der Waals surface area contributed by atoms with Gasteiger partial charge in [-0.2, -0.15) is 0 Å². The predicted molar refractivity (Wildman–Crippen MR) is 85.5 cm³/mol. The Balaban J connectivity index is 2.16. The summed E-state index contributed by atoms with van der Waals surface area (Å²) in [6.07, 6.45) is 2.29. The van der Waals surface area contributed by atoms with Gasteiger partial charge in [0.1, 0.15) is 5.75 Å². The van der Waals surface area contributed by atoms with Crippen LogP contribution in [0.5, 0.6) is 5.75 Å². The number of hydrogen-bond acceptors (Lipinski definition) is 4. The quantitative estimate of drug-likeness (QED) is 0.906. The Kier molecular flexibility index (Phi) is 5.25. The lowest BCUT2D eigenvalue weighted by Gasteiger charge is -2.39. The van der Waals surface area contributed by atoms with E-state index in [1.807, 2.05) is 19.1 Å². The molecule has 0 aromatic heterocycles. The minimum Gasteiger partial charge on any atom is -0.496 e. The van der Waals surface area contributed by atoms with Crippen LogP contribution in [0.1, 0.15) is 43.9 Å². The predicted octanol–water partition coefficient (Wildman–Crippen LogP) is 2.72. The number of benzene rings is 1. The Hall–Kier alpha value is -1.10. The van der Waals surface area contributed by atoms with Gasteiger partial charge in [-0.15, -0.1) is 0 Å². The van der Waals surface area contributed by atoms with Gasteiger partial charge in [-0.3, -0.25) is 4.90 Å². The second kappa shape index (κ2) is 6.77. The second-order valence-corrected chi connectivity index (χ2v) is 6.33. The van der Waals surface area contributed by atoms with Gasteiger partial charge >= 0.3 is 0 Å². The van der Waals surface area contributed by atoms with Crippen molar-refractivity contribution in [2.24, 2.45) is 5.73 Å². The fourth-order valence-corrected chi connectivity index (χ4v) is 3.06. The molecule has 2 atom stereocenters. The van der Waals surface area contributed by atoms with Crippen molar-refractivity contribution in [3.8, 4) is 5.75 Å². The summed E-state index contributed by atoms with van der Waals surface area (Å²) in [5, 5.41) is 0. The number of nitrogens with zero attached hydrogens (tertiary/aromatic N) is 1. The fraction of sp³-hybridized carbons (Fsp3) is 0.647.